The van der Waals surface area contributed by atoms with Crippen molar-refractivity contribution < 1.29 is 9.59 Å². The number of aryl methyl sites for hydroxylation is 1. The van der Waals surface area contributed by atoms with Crippen LogP contribution in [-0.2, 0) is 5.41 Å². The van der Waals surface area contributed by atoms with Gasteiger partial charge >= 0.3 is 0 Å². The lowest BCUT2D eigenvalue weighted by molar-refractivity contribution is 0.101. The van der Waals surface area contributed by atoms with Gasteiger partial charge in [-0.1, -0.05) is 50.6 Å². The van der Waals surface area contributed by atoms with E-state index < -0.39 is 0 Å². The Bertz CT molecular complexity index is 1070. The fraction of sp³-hybridized carbons (Fsp3) is 0.200. The lowest BCUT2D eigenvalue weighted by Gasteiger charge is -2.19. The van der Waals surface area contributed by atoms with Crippen molar-refractivity contribution in [1.82, 2.24) is 0 Å². The van der Waals surface area contributed by atoms with Gasteiger partial charge in [0.05, 0.1) is 0 Å². The van der Waals surface area contributed by atoms with E-state index in [9.17, 15) is 9.59 Å². The van der Waals surface area contributed by atoms with Crippen molar-refractivity contribution in [1.29, 1.82) is 0 Å². The topological polar surface area (TPSA) is 58.2 Å². The summed E-state index contributed by atoms with van der Waals surface area (Å²) in [7, 11) is 0. The SMILES string of the molecule is Cc1ccc(C(=O)Nc2ccc(NC(=O)c3ccc(C(C)(C)C)cc3)cc2)cc1Cl. The van der Waals surface area contributed by atoms with Crippen LogP contribution in [0.15, 0.2) is 66.7 Å². The Morgan fingerprint density at radius 1 is 0.733 bits per heavy atom. The van der Waals surface area contributed by atoms with E-state index >= 15 is 0 Å². The lowest BCUT2D eigenvalue weighted by Crippen LogP contribution is -2.14. The normalized spacial score (nSPS) is 11.1. The number of rotatable bonds is 4. The van der Waals surface area contributed by atoms with E-state index in [4.69, 9.17) is 11.6 Å². The number of benzene rings is 3. The van der Waals surface area contributed by atoms with Crippen LogP contribution in [-0.4, -0.2) is 11.8 Å². The number of carbonyl (C=O) groups is 2. The van der Waals surface area contributed by atoms with Crippen molar-refractivity contribution in [3.63, 3.8) is 0 Å². The summed E-state index contributed by atoms with van der Waals surface area (Å²) in [5.41, 5.74) is 4.49. The Balaban J connectivity index is 1.63. The largest absolute Gasteiger partial charge is 0.322 e. The van der Waals surface area contributed by atoms with Crippen molar-refractivity contribution in [3.8, 4) is 0 Å². The first-order valence-corrected chi connectivity index (χ1v) is 10.1. The summed E-state index contributed by atoms with van der Waals surface area (Å²) >= 11 is 6.09. The minimum atomic E-state index is -0.243. The summed E-state index contributed by atoms with van der Waals surface area (Å²) < 4.78 is 0. The smallest absolute Gasteiger partial charge is 0.255 e. The molecule has 0 radical (unpaired) electrons. The molecule has 0 atom stereocenters. The maximum absolute atomic E-state index is 12.5. The third-order valence-electron chi connectivity index (χ3n) is 4.85. The molecule has 0 aliphatic rings. The standard InChI is InChI=1S/C25H25ClN2O2/c1-16-5-6-18(15-22(16)26)24(30)28-21-13-11-20(12-14-21)27-23(29)17-7-9-19(10-8-17)25(2,3)4/h5-15H,1-4H3,(H,27,29)(H,28,30). The number of halogens is 1. The van der Waals surface area contributed by atoms with Crippen LogP contribution in [0.1, 0.15) is 52.6 Å². The highest BCUT2D eigenvalue weighted by atomic mass is 35.5. The van der Waals surface area contributed by atoms with Crippen LogP contribution in [0.5, 0.6) is 0 Å². The molecule has 4 nitrogen and oxygen atoms in total. The van der Waals surface area contributed by atoms with Crippen LogP contribution >= 0.6 is 11.6 Å². The van der Waals surface area contributed by atoms with Crippen molar-refractivity contribution in [2.24, 2.45) is 0 Å². The molecule has 0 aliphatic carbocycles. The average molecular weight is 421 g/mol. The Labute approximate surface area is 182 Å². The van der Waals surface area contributed by atoms with Crippen LogP contribution in [0.2, 0.25) is 5.02 Å². The summed E-state index contributed by atoms with van der Waals surface area (Å²) in [4.78, 5) is 24.9. The third-order valence-corrected chi connectivity index (χ3v) is 5.25. The molecule has 154 valence electrons. The summed E-state index contributed by atoms with van der Waals surface area (Å²) in [5.74, 6) is -0.422. The van der Waals surface area contributed by atoms with Gasteiger partial charge in [0.25, 0.3) is 11.8 Å². The van der Waals surface area contributed by atoms with Crippen molar-refractivity contribution >= 4 is 34.8 Å². The molecule has 0 fully saturated rings. The molecule has 0 aliphatic heterocycles. The van der Waals surface area contributed by atoms with Gasteiger partial charge < -0.3 is 10.6 Å². The van der Waals surface area contributed by atoms with Gasteiger partial charge in [0, 0.05) is 27.5 Å². The molecule has 0 aromatic heterocycles. The van der Waals surface area contributed by atoms with Crippen LogP contribution in [0.4, 0.5) is 11.4 Å². The highest BCUT2D eigenvalue weighted by Crippen LogP contribution is 2.23. The Kier molecular flexibility index (Phi) is 6.28. The molecule has 30 heavy (non-hydrogen) atoms. The fourth-order valence-corrected chi connectivity index (χ4v) is 3.08. The van der Waals surface area contributed by atoms with Crippen LogP contribution in [0.3, 0.4) is 0 Å². The molecule has 2 amide bonds. The highest BCUT2D eigenvalue weighted by Gasteiger charge is 2.14. The molecule has 0 saturated carbocycles. The Morgan fingerprint density at radius 3 is 1.67 bits per heavy atom. The van der Waals surface area contributed by atoms with Gasteiger partial charge in [-0.3, -0.25) is 9.59 Å². The summed E-state index contributed by atoms with van der Waals surface area (Å²) in [6.45, 7) is 8.29. The zero-order valence-corrected chi connectivity index (χ0v) is 18.3. The van der Waals surface area contributed by atoms with Crippen LogP contribution in [0, 0.1) is 6.92 Å². The second kappa shape index (κ2) is 8.72. The molecule has 3 rings (SSSR count). The number of carbonyl (C=O) groups excluding carboxylic acids is 2. The van der Waals surface area contributed by atoms with Crippen LogP contribution in [0.25, 0.3) is 0 Å². The quantitative estimate of drug-likeness (QED) is 0.509. The van der Waals surface area contributed by atoms with Crippen molar-refractivity contribution in [3.05, 3.63) is 94.0 Å². The van der Waals surface area contributed by atoms with E-state index in [-0.39, 0.29) is 17.2 Å². The van der Waals surface area contributed by atoms with E-state index in [1.807, 2.05) is 37.3 Å². The lowest BCUT2D eigenvalue weighted by atomic mass is 9.87. The van der Waals surface area contributed by atoms with Crippen molar-refractivity contribution in [2.45, 2.75) is 33.1 Å². The van der Waals surface area contributed by atoms with Gasteiger partial charge in [-0.15, -0.1) is 0 Å². The molecular formula is C25H25ClN2O2. The van der Waals surface area contributed by atoms with E-state index in [1.165, 1.54) is 5.56 Å². The summed E-state index contributed by atoms with van der Waals surface area (Å²) in [6.07, 6.45) is 0. The van der Waals surface area contributed by atoms with Gasteiger partial charge in [-0.2, -0.15) is 0 Å². The van der Waals surface area contributed by atoms with E-state index in [1.54, 1.807) is 36.4 Å². The first kappa shape index (κ1) is 21.6. The second-order valence-corrected chi connectivity index (χ2v) is 8.68. The number of amides is 2. The number of hydrogen-bond acceptors (Lipinski definition) is 2. The Morgan fingerprint density at radius 2 is 1.20 bits per heavy atom. The summed E-state index contributed by atoms with van der Waals surface area (Å²) in [5, 5.41) is 6.25. The van der Waals surface area contributed by atoms with Crippen LogP contribution < -0.4 is 10.6 Å². The molecule has 3 aromatic rings. The minimum absolute atomic E-state index is 0.0409. The van der Waals surface area contributed by atoms with Gasteiger partial charge in [-0.05, 0) is 72.0 Å². The van der Waals surface area contributed by atoms with Gasteiger partial charge in [0.1, 0.15) is 0 Å². The molecular weight excluding hydrogens is 396 g/mol. The third kappa shape index (κ3) is 5.28. The Hall–Kier alpha value is -3.11. The van der Waals surface area contributed by atoms with Gasteiger partial charge in [-0.25, -0.2) is 0 Å². The maximum atomic E-state index is 12.5. The molecule has 0 saturated heterocycles. The summed E-state index contributed by atoms with van der Waals surface area (Å²) in [6, 6.07) is 19.8. The number of nitrogens with one attached hydrogen (secondary N) is 2. The zero-order chi connectivity index (χ0) is 21.9. The molecule has 0 bridgehead atoms. The number of hydrogen-bond donors (Lipinski definition) is 2. The first-order chi connectivity index (χ1) is 14.1. The zero-order valence-electron chi connectivity index (χ0n) is 17.5. The van der Waals surface area contributed by atoms with E-state index in [2.05, 4.69) is 31.4 Å². The molecule has 0 heterocycles. The average Bonchev–Trinajstić information content (AvgIpc) is 2.71. The molecule has 5 heteroatoms. The molecule has 0 spiro atoms. The predicted molar refractivity (Wildman–Crippen MR) is 124 cm³/mol. The second-order valence-electron chi connectivity index (χ2n) is 8.28. The van der Waals surface area contributed by atoms with E-state index in [0.29, 0.717) is 27.5 Å². The molecule has 3 aromatic carbocycles. The monoisotopic (exact) mass is 420 g/mol. The van der Waals surface area contributed by atoms with Gasteiger partial charge in [0.2, 0.25) is 0 Å². The fourth-order valence-electron chi connectivity index (χ4n) is 2.90. The minimum Gasteiger partial charge on any atom is -0.322 e. The first-order valence-electron chi connectivity index (χ1n) is 9.73. The molecule has 0 unspecified atom stereocenters. The van der Waals surface area contributed by atoms with Gasteiger partial charge in [0.15, 0.2) is 0 Å². The highest BCUT2D eigenvalue weighted by molar-refractivity contribution is 6.31. The van der Waals surface area contributed by atoms with Crippen molar-refractivity contribution in [2.75, 3.05) is 10.6 Å². The maximum Gasteiger partial charge on any atom is 0.255 e. The van der Waals surface area contributed by atoms with E-state index in [0.717, 1.165) is 5.56 Å². The number of anilines is 2. The predicted octanol–water partition coefficient (Wildman–Crippen LogP) is 6.45. The molecule has 2 N–H and O–H groups in total.